The van der Waals surface area contributed by atoms with Crippen LogP contribution in [0.25, 0.3) is 0 Å². The summed E-state index contributed by atoms with van der Waals surface area (Å²) in [5.41, 5.74) is -0.164. The van der Waals surface area contributed by atoms with E-state index in [-0.39, 0.29) is 11.8 Å². The van der Waals surface area contributed by atoms with Crippen LogP contribution in [-0.4, -0.2) is 40.0 Å². The van der Waals surface area contributed by atoms with Crippen molar-refractivity contribution in [3.8, 4) is 0 Å². The second-order valence-electron chi connectivity index (χ2n) is 4.06. The van der Waals surface area contributed by atoms with Crippen LogP contribution in [0, 0.1) is 5.41 Å². The Kier molecular flexibility index (Phi) is 4.73. The van der Waals surface area contributed by atoms with Crippen LogP contribution in [0.3, 0.4) is 0 Å². The zero-order valence-electron chi connectivity index (χ0n) is 9.03. The predicted molar refractivity (Wildman–Crippen MR) is 58.3 cm³/mol. The molecule has 0 aromatic heterocycles. The molecule has 5 heteroatoms. The molecule has 15 heavy (non-hydrogen) atoms. The Bertz CT molecular complexity index is 248. The van der Waals surface area contributed by atoms with Gasteiger partial charge in [0, 0.05) is 28.9 Å². The summed E-state index contributed by atoms with van der Waals surface area (Å²) in [6, 6.07) is 0. The maximum Gasteiger partial charge on any atom is 0.303 e. The highest BCUT2D eigenvalue weighted by Gasteiger charge is 2.45. The third kappa shape index (κ3) is 4.75. The third-order valence-electron chi connectivity index (χ3n) is 2.61. The molecule has 1 unspecified atom stereocenters. The monoisotopic (exact) mass is 234 g/mol. The smallest absolute Gasteiger partial charge is 0.303 e. The summed E-state index contributed by atoms with van der Waals surface area (Å²) in [6.45, 7) is 3.04. The van der Waals surface area contributed by atoms with Crippen molar-refractivity contribution in [2.24, 2.45) is 5.41 Å². The van der Waals surface area contributed by atoms with Crippen LogP contribution in [0.4, 0.5) is 0 Å². The predicted octanol–water partition coefficient (Wildman–Crippen LogP) is 1.03. The van der Waals surface area contributed by atoms with Gasteiger partial charge in [0.1, 0.15) is 0 Å². The molecule has 4 nitrogen and oxygen atoms in total. The van der Waals surface area contributed by atoms with Gasteiger partial charge in [-0.05, 0) is 25.2 Å². The van der Waals surface area contributed by atoms with Gasteiger partial charge in [0.05, 0.1) is 13.0 Å². The second kappa shape index (κ2) is 5.61. The van der Waals surface area contributed by atoms with Crippen LogP contribution in [0.2, 0.25) is 0 Å². The van der Waals surface area contributed by atoms with E-state index >= 15 is 0 Å². The normalized spacial score (nSPS) is 19.8. The molecule has 0 bridgehead atoms. The van der Waals surface area contributed by atoms with Crippen molar-refractivity contribution in [1.29, 1.82) is 0 Å². The first kappa shape index (κ1) is 12.6. The zero-order chi connectivity index (χ0) is 11.3. The van der Waals surface area contributed by atoms with Gasteiger partial charge in [-0.3, -0.25) is 9.00 Å². The summed E-state index contributed by atoms with van der Waals surface area (Å²) in [7, 11) is -0.933. The van der Waals surface area contributed by atoms with Crippen LogP contribution in [-0.2, 0) is 20.3 Å². The van der Waals surface area contributed by atoms with E-state index in [1.54, 1.807) is 0 Å². The number of carboxylic acids is 1. The van der Waals surface area contributed by atoms with E-state index in [0.29, 0.717) is 24.7 Å². The summed E-state index contributed by atoms with van der Waals surface area (Å²) in [5.74, 6) is 0.260. The molecule has 1 aliphatic carbocycles. The lowest BCUT2D eigenvalue weighted by atomic mass is 10.1. The van der Waals surface area contributed by atoms with Gasteiger partial charge in [-0.25, -0.2) is 0 Å². The molecule has 0 saturated heterocycles. The molecule has 1 atom stereocenters. The number of rotatable bonds is 8. The highest BCUT2D eigenvalue weighted by atomic mass is 32.2. The summed E-state index contributed by atoms with van der Waals surface area (Å²) < 4.78 is 16.7. The van der Waals surface area contributed by atoms with Gasteiger partial charge in [-0.2, -0.15) is 0 Å². The van der Waals surface area contributed by atoms with Crippen molar-refractivity contribution in [1.82, 2.24) is 0 Å². The minimum absolute atomic E-state index is 0.160. The second-order valence-corrected chi connectivity index (χ2v) is 5.63. The van der Waals surface area contributed by atoms with Crippen molar-refractivity contribution in [2.75, 3.05) is 24.7 Å². The molecular formula is C10H18O4S. The Morgan fingerprint density at radius 1 is 1.53 bits per heavy atom. The molecule has 1 rings (SSSR count). The Hall–Kier alpha value is -0.420. The minimum atomic E-state index is -0.933. The van der Waals surface area contributed by atoms with Crippen molar-refractivity contribution in [3.63, 3.8) is 0 Å². The zero-order valence-corrected chi connectivity index (χ0v) is 9.85. The number of carboxylic acid groups (broad SMARTS) is 1. The van der Waals surface area contributed by atoms with Crippen molar-refractivity contribution < 1.29 is 18.8 Å². The molecule has 0 aliphatic heterocycles. The molecule has 1 fully saturated rings. The quantitative estimate of drug-likeness (QED) is 0.637. The van der Waals surface area contributed by atoms with E-state index in [1.807, 2.05) is 6.92 Å². The minimum Gasteiger partial charge on any atom is -0.481 e. The molecule has 0 amide bonds. The van der Waals surface area contributed by atoms with Crippen LogP contribution >= 0.6 is 0 Å². The van der Waals surface area contributed by atoms with Gasteiger partial charge < -0.3 is 9.84 Å². The van der Waals surface area contributed by atoms with Gasteiger partial charge in [0.2, 0.25) is 0 Å². The van der Waals surface area contributed by atoms with E-state index in [1.165, 1.54) is 0 Å². The highest BCUT2D eigenvalue weighted by molar-refractivity contribution is 7.85. The van der Waals surface area contributed by atoms with Crippen LogP contribution < -0.4 is 0 Å². The average Bonchev–Trinajstić information content (AvgIpc) is 2.83. The fourth-order valence-corrected chi connectivity index (χ4v) is 3.10. The number of ether oxygens (including phenoxy) is 1. The first-order valence-corrected chi connectivity index (χ1v) is 6.71. The Morgan fingerprint density at radius 2 is 2.20 bits per heavy atom. The topological polar surface area (TPSA) is 63.6 Å². The lowest BCUT2D eigenvalue weighted by Crippen LogP contribution is -2.19. The fraction of sp³-hybridized carbons (Fsp3) is 0.900. The molecule has 0 radical (unpaired) electrons. The first-order chi connectivity index (χ1) is 7.08. The molecule has 1 saturated carbocycles. The van der Waals surface area contributed by atoms with Crippen molar-refractivity contribution in [3.05, 3.63) is 0 Å². The Morgan fingerprint density at radius 3 is 2.67 bits per heavy atom. The molecule has 0 aromatic carbocycles. The van der Waals surface area contributed by atoms with Gasteiger partial charge in [-0.15, -0.1) is 0 Å². The van der Waals surface area contributed by atoms with E-state index in [9.17, 15) is 9.00 Å². The summed E-state index contributed by atoms with van der Waals surface area (Å²) in [4.78, 5) is 10.6. The summed E-state index contributed by atoms with van der Waals surface area (Å²) in [5, 5.41) is 8.69. The Labute approximate surface area is 92.5 Å². The van der Waals surface area contributed by atoms with Gasteiger partial charge in [0.15, 0.2) is 0 Å². The van der Waals surface area contributed by atoms with Crippen LogP contribution in [0.5, 0.6) is 0 Å². The largest absolute Gasteiger partial charge is 0.481 e. The molecule has 88 valence electrons. The molecule has 1 aliphatic rings. The Balaban J connectivity index is 2.22. The standard InChI is InChI=1S/C10H18O4S/c1-2-14-5-6-15(13)8-10(3-4-10)7-9(11)12/h2-8H2,1H3,(H,11,12). The van der Waals surface area contributed by atoms with E-state index < -0.39 is 16.8 Å². The van der Waals surface area contributed by atoms with Crippen molar-refractivity contribution >= 4 is 16.8 Å². The van der Waals surface area contributed by atoms with Crippen molar-refractivity contribution in [2.45, 2.75) is 26.2 Å². The fourth-order valence-electron chi connectivity index (χ4n) is 1.58. The molecule has 1 N–H and O–H groups in total. The summed E-state index contributed by atoms with van der Waals surface area (Å²) >= 11 is 0. The lowest BCUT2D eigenvalue weighted by Gasteiger charge is -2.11. The molecule has 0 heterocycles. The number of hydrogen-bond acceptors (Lipinski definition) is 3. The third-order valence-corrected chi connectivity index (χ3v) is 4.17. The molecule has 0 spiro atoms. The van der Waals surface area contributed by atoms with Gasteiger partial charge in [-0.1, -0.05) is 0 Å². The highest BCUT2D eigenvalue weighted by Crippen LogP contribution is 2.49. The molecular weight excluding hydrogens is 216 g/mol. The lowest BCUT2D eigenvalue weighted by molar-refractivity contribution is -0.138. The average molecular weight is 234 g/mol. The maximum absolute atomic E-state index is 11.6. The van der Waals surface area contributed by atoms with Crippen LogP contribution in [0.1, 0.15) is 26.2 Å². The summed E-state index contributed by atoms with van der Waals surface area (Å²) in [6.07, 6.45) is 1.97. The van der Waals surface area contributed by atoms with Gasteiger partial charge >= 0.3 is 5.97 Å². The SMILES string of the molecule is CCOCCS(=O)CC1(CC(=O)O)CC1. The number of carbonyl (C=O) groups is 1. The van der Waals surface area contributed by atoms with Gasteiger partial charge in [0.25, 0.3) is 0 Å². The van der Waals surface area contributed by atoms with Crippen LogP contribution in [0.15, 0.2) is 0 Å². The number of aliphatic carboxylic acids is 1. The first-order valence-electron chi connectivity index (χ1n) is 5.22. The van der Waals surface area contributed by atoms with E-state index in [0.717, 1.165) is 12.8 Å². The van der Waals surface area contributed by atoms with E-state index in [4.69, 9.17) is 9.84 Å². The number of hydrogen-bond donors (Lipinski definition) is 1. The maximum atomic E-state index is 11.6. The molecule has 0 aromatic rings. The van der Waals surface area contributed by atoms with E-state index in [2.05, 4.69) is 0 Å².